The number of carbonyl (C=O) groups excluding carboxylic acids is 1. The Bertz CT molecular complexity index is 1100. The van der Waals surface area contributed by atoms with Gasteiger partial charge < -0.3 is 9.47 Å². The van der Waals surface area contributed by atoms with Crippen LogP contribution in [-0.4, -0.2) is 37.8 Å². The molecular formula is C17H14N2O5S2. The molecule has 0 N–H and O–H groups in total. The number of sulfonamides is 1. The summed E-state index contributed by atoms with van der Waals surface area (Å²) in [5, 5.41) is 0.551. The van der Waals surface area contributed by atoms with Crippen molar-refractivity contribution in [1.29, 1.82) is 0 Å². The number of fused-ring (bicyclic) bond motifs is 2. The van der Waals surface area contributed by atoms with Gasteiger partial charge in [0.25, 0.3) is 15.9 Å². The molecule has 2 aromatic carbocycles. The number of aromatic nitrogens is 1. The molecular weight excluding hydrogens is 376 g/mol. The third-order valence-corrected chi connectivity index (χ3v) is 6.92. The van der Waals surface area contributed by atoms with E-state index < -0.39 is 15.9 Å². The molecule has 0 fully saturated rings. The van der Waals surface area contributed by atoms with E-state index in [1.807, 2.05) is 24.3 Å². The van der Waals surface area contributed by atoms with Crippen molar-refractivity contribution >= 4 is 37.5 Å². The standard InChI is InChI=1S/C17H14N2O5S2/c1-23-12-7-10-15(8-13(12)24-2)26(21,22)19(17(10)20)9-16-18-11-5-3-4-6-14(11)25-16/h3-8H,9H2,1-2H3. The summed E-state index contributed by atoms with van der Waals surface area (Å²) in [4.78, 5) is 17.1. The molecule has 1 aliphatic rings. The van der Waals surface area contributed by atoms with Crippen LogP contribution in [0.3, 0.4) is 0 Å². The van der Waals surface area contributed by atoms with Gasteiger partial charge in [0.2, 0.25) is 0 Å². The minimum atomic E-state index is -3.97. The Morgan fingerprint density at radius 2 is 1.81 bits per heavy atom. The molecule has 0 saturated carbocycles. The minimum Gasteiger partial charge on any atom is -0.493 e. The van der Waals surface area contributed by atoms with E-state index in [-0.39, 0.29) is 22.8 Å². The van der Waals surface area contributed by atoms with Gasteiger partial charge in [-0.2, -0.15) is 0 Å². The van der Waals surface area contributed by atoms with Crippen molar-refractivity contribution in [3.63, 3.8) is 0 Å². The number of thiazole rings is 1. The summed E-state index contributed by atoms with van der Waals surface area (Å²) in [6.07, 6.45) is 0. The fourth-order valence-corrected chi connectivity index (χ4v) is 5.43. The van der Waals surface area contributed by atoms with Crippen LogP contribution < -0.4 is 9.47 Å². The van der Waals surface area contributed by atoms with Crippen LogP contribution >= 0.6 is 11.3 Å². The molecule has 26 heavy (non-hydrogen) atoms. The molecule has 9 heteroatoms. The van der Waals surface area contributed by atoms with E-state index in [1.165, 1.54) is 37.7 Å². The van der Waals surface area contributed by atoms with E-state index >= 15 is 0 Å². The summed E-state index contributed by atoms with van der Waals surface area (Å²) in [6, 6.07) is 10.2. The zero-order valence-electron chi connectivity index (χ0n) is 13.9. The van der Waals surface area contributed by atoms with Crippen LogP contribution in [0, 0.1) is 0 Å². The highest BCUT2D eigenvalue weighted by Crippen LogP contribution is 2.39. The zero-order chi connectivity index (χ0) is 18.5. The summed E-state index contributed by atoms with van der Waals surface area (Å²) in [5.74, 6) is -0.0405. The van der Waals surface area contributed by atoms with Crippen molar-refractivity contribution in [2.45, 2.75) is 11.4 Å². The third kappa shape index (κ3) is 2.43. The summed E-state index contributed by atoms with van der Waals surface area (Å²) >= 11 is 1.36. The van der Waals surface area contributed by atoms with Gasteiger partial charge in [-0.3, -0.25) is 4.79 Å². The second kappa shape index (κ2) is 5.96. The fourth-order valence-electron chi connectivity index (χ4n) is 2.87. The lowest BCUT2D eigenvalue weighted by molar-refractivity contribution is 0.0864. The first-order chi connectivity index (χ1) is 12.5. The van der Waals surface area contributed by atoms with Gasteiger partial charge in [0.1, 0.15) is 9.90 Å². The summed E-state index contributed by atoms with van der Waals surface area (Å²) in [6.45, 7) is -0.111. The van der Waals surface area contributed by atoms with Crippen molar-refractivity contribution in [2.75, 3.05) is 14.2 Å². The Morgan fingerprint density at radius 3 is 2.50 bits per heavy atom. The second-order valence-corrected chi connectivity index (χ2v) is 8.54. The number of nitrogens with zero attached hydrogens (tertiary/aromatic N) is 2. The predicted octanol–water partition coefficient (Wildman–Crippen LogP) is 2.66. The maximum atomic E-state index is 12.9. The maximum Gasteiger partial charge on any atom is 0.269 e. The van der Waals surface area contributed by atoms with Gasteiger partial charge in [0.05, 0.1) is 36.5 Å². The molecule has 0 radical (unpaired) electrons. The molecule has 134 valence electrons. The normalized spacial score (nSPS) is 15.3. The van der Waals surface area contributed by atoms with Gasteiger partial charge >= 0.3 is 0 Å². The second-order valence-electron chi connectivity index (χ2n) is 5.60. The lowest BCUT2D eigenvalue weighted by Gasteiger charge is -2.12. The lowest BCUT2D eigenvalue weighted by atomic mass is 10.2. The van der Waals surface area contributed by atoms with E-state index in [0.717, 1.165) is 14.5 Å². The Kier molecular flexibility index (Phi) is 3.85. The van der Waals surface area contributed by atoms with Gasteiger partial charge in [-0.05, 0) is 18.2 Å². The average molecular weight is 390 g/mol. The van der Waals surface area contributed by atoms with Crippen molar-refractivity contribution in [3.05, 3.63) is 47.0 Å². The molecule has 0 atom stereocenters. The molecule has 1 aliphatic heterocycles. The molecule has 4 rings (SSSR count). The van der Waals surface area contributed by atoms with Crippen molar-refractivity contribution in [1.82, 2.24) is 9.29 Å². The molecule has 0 unspecified atom stereocenters. The smallest absolute Gasteiger partial charge is 0.269 e. The molecule has 0 aliphatic carbocycles. The van der Waals surface area contributed by atoms with Gasteiger partial charge in [-0.1, -0.05) is 12.1 Å². The average Bonchev–Trinajstić information content (AvgIpc) is 3.13. The summed E-state index contributed by atoms with van der Waals surface area (Å²) in [7, 11) is -1.14. The SMILES string of the molecule is COc1cc2c(cc1OC)S(=O)(=O)N(Cc1nc3ccccc3s1)C2=O. The van der Waals surface area contributed by atoms with Gasteiger partial charge in [-0.25, -0.2) is 17.7 Å². The van der Waals surface area contributed by atoms with Crippen LogP contribution in [-0.2, 0) is 16.6 Å². The Hall–Kier alpha value is -2.65. The van der Waals surface area contributed by atoms with E-state index in [4.69, 9.17) is 9.47 Å². The van der Waals surface area contributed by atoms with E-state index in [0.29, 0.717) is 10.8 Å². The highest BCUT2D eigenvalue weighted by atomic mass is 32.2. The molecule has 0 spiro atoms. The van der Waals surface area contributed by atoms with Crippen LogP contribution in [0.4, 0.5) is 0 Å². The number of amides is 1. The summed E-state index contributed by atoms with van der Waals surface area (Å²) < 4.78 is 37.8. The maximum absolute atomic E-state index is 12.9. The van der Waals surface area contributed by atoms with Crippen LogP contribution in [0.15, 0.2) is 41.3 Å². The Balaban J connectivity index is 1.77. The van der Waals surface area contributed by atoms with Crippen LogP contribution in [0.5, 0.6) is 11.5 Å². The zero-order valence-corrected chi connectivity index (χ0v) is 15.6. The quantitative estimate of drug-likeness (QED) is 0.681. The molecule has 2 heterocycles. The lowest BCUT2D eigenvalue weighted by Crippen LogP contribution is -2.29. The number of hydrogen-bond donors (Lipinski definition) is 0. The molecule has 7 nitrogen and oxygen atoms in total. The minimum absolute atomic E-state index is 0.0729. The first-order valence-electron chi connectivity index (χ1n) is 7.63. The van der Waals surface area contributed by atoms with E-state index in [2.05, 4.69) is 4.98 Å². The van der Waals surface area contributed by atoms with Crippen LogP contribution in [0.25, 0.3) is 10.2 Å². The number of para-hydroxylation sites is 1. The van der Waals surface area contributed by atoms with Crippen LogP contribution in [0.2, 0.25) is 0 Å². The number of methoxy groups -OCH3 is 2. The first kappa shape index (κ1) is 16.8. The topological polar surface area (TPSA) is 85.8 Å². The van der Waals surface area contributed by atoms with Crippen LogP contribution in [0.1, 0.15) is 15.4 Å². The largest absolute Gasteiger partial charge is 0.493 e. The predicted molar refractivity (Wildman–Crippen MR) is 96.2 cm³/mol. The number of benzene rings is 2. The molecule has 1 amide bonds. The number of rotatable bonds is 4. The molecule has 0 bridgehead atoms. The van der Waals surface area contributed by atoms with E-state index in [1.54, 1.807) is 0 Å². The third-order valence-electron chi connectivity index (χ3n) is 4.13. The van der Waals surface area contributed by atoms with Gasteiger partial charge in [0.15, 0.2) is 11.5 Å². The van der Waals surface area contributed by atoms with Gasteiger partial charge in [0, 0.05) is 6.07 Å². The molecule has 1 aromatic heterocycles. The Morgan fingerprint density at radius 1 is 1.12 bits per heavy atom. The number of ether oxygens (including phenoxy) is 2. The van der Waals surface area contributed by atoms with Gasteiger partial charge in [-0.15, -0.1) is 11.3 Å². The van der Waals surface area contributed by atoms with Crippen molar-refractivity contribution < 1.29 is 22.7 Å². The highest BCUT2D eigenvalue weighted by molar-refractivity contribution is 7.90. The molecule has 0 saturated heterocycles. The Labute approximate surface area is 153 Å². The number of carbonyl (C=O) groups is 1. The summed E-state index contributed by atoms with van der Waals surface area (Å²) in [5.41, 5.74) is 0.848. The number of hydrogen-bond acceptors (Lipinski definition) is 7. The monoisotopic (exact) mass is 390 g/mol. The van der Waals surface area contributed by atoms with E-state index in [9.17, 15) is 13.2 Å². The fraction of sp³-hybridized carbons (Fsp3) is 0.176. The highest BCUT2D eigenvalue weighted by Gasteiger charge is 2.42. The first-order valence-corrected chi connectivity index (χ1v) is 9.89. The van der Waals surface area contributed by atoms with Crippen molar-refractivity contribution in [2.24, 2.45) is 0 Å². The van der Waals surface area contributed by atoms with Crippen molar-refractivity contribution in [3.8, 4) is 11.5 Å². The molecule has 3 aromatic rings.